The summed E-state index contributed by atoms with van der Waals surface area (Å²) < 4.78 is 20.7. The minimum absolute atomic E-state index is 0.231. The molecule has 0 bridgehead atoms. The van der Waals surface area contributed by atoms with E-state index in [0.29, 0.717) is 0 Å². The Morgan fingerprint density at radius 1 is 1.23 bits per heavy atom. The van der Waals surface area contributed by atoms with Crippen LogP contribution in [-0.2, 0) is 19.6 Å². The Morgan fingerprint density at radius 3 is 2.15 bits per heavy atom. The normalized spacial score (nSPS) is 10.6. The van der Waals surface area contributed by atoms with E-state index in [-0.39, 0.29) is 6.54 Å². The van der Waals surface area contributed by atoms with Crippen LogP contribution in [0.2, 0.25) is 0 Å². The fourth-order valence-electron chi connectivity index (χ4n) is 0.453. The molecule has 0 aromatic heterocycles. The molecule has 0 aliphatic rings. The van der Waals surface area contributed by atoms with Crippen LogP contribution in [0.1, 0.15) is 0 Å². The molecule has 8 nitrogen and oxygen atoms in total. The molecule has 0 aromatic carbocycles. The van der Waals surface area contributed by atoms with Crippen LogP contribution in [0.25, 0.3) is 0 Å². The quantitative estimate of drug-likeness (QED) is 0.164. The number of amides is 2. The lowest BCUT2D eigenvalue weighted by Crippen LogP contribution is -2.44. The van der Waals surface area contributed by atoms with Crippen molar-refractivity contribution in [2.45, 2.75) is 0 Å². The molecule has 9 heteroatoms. The molecular weight excluding hydrogens is 200 g/mol. The number of hydrazine groups is 1. The average Bonchev–Trinajstić information content (AvgIpc) is 2.00. The van der Waals surface area contributed by atoms with E-state index < -0.39 is 27.6 Å². The Hall–Kier alpha value is -1.19. The van der Waals surface area contributed by atoms with Crippen molar-refractivity contribution in [1.29, 1.82) is 0 Å². The first-order chi connectivity index (χ1) is 5.87. The van der Waals surface area contributed by atoms with Crippen molar-refractivity contribution in [3.63, 3.8) is 0 Å². The van der Waals surface area contributed by atoms with Crippen molar-refractivity contribution < 1.29 is 18.0 Å². The molecule has 2 amide bonds. The first kappa shape index (κ1) is 11.8. The molecule has 0 fully saturated rings. The fraction of sp³-hybridized carbons (Fsp3) is 0.500. The molecule has 0 saturated heterocycles. The van der Waals surface area contributed by atoms with Gasteiger partial charge in [-0.2, -0.15) is 0 Å². The predicted molar refractivity (Wildman–Crippen MR) is 43.3 cm³/mol. The van der Waals surface area contributed by atoms with Gasteiger partial charge in [0.15, 0.2) is 0 Å². The molecule has 0 heterocycles. The standard InChI is InChI=1S/C4H10N4O4S/c5-8-4(10)3(9)7-1-2-13(6,11)12/h1-2,5H2,(H,7,9)(H,8,10)(H2,6,11,12). The lowest BCUT2D eigenvalue weighted by molar-refractivity contribution is -0.139. The van der Waals surface area contributed by atoms with Crippen LogP contribution in [0.3, 0.4) is 0 Å². The van der Waals surface area contributed by atoms with E-state index in [4.69, 9.17) is 0 Å². The zero-order chi connectivity index (χ0) is 10.5. The maximum atomic E-state index is 10.6. The second-order valence-electron chi connectivity index (χ2n) is 2.10. The molecule has 0 atom stereocenters. The van der Waals surface area contributed by atoms with Crippen molar-refractivity contribution in [2.75, 3.05) is 12.3 Å². The topological polar surface area (TPSA) is 144 Å². The number of hydrogen-bond acceptors (Lipinski definition) is 5. The van der Waals surface area contributed by atoms with Gasteiger partial charge in [0.25, 0.3) is 0 Å². The summed E-state index contributed by atoms with van der Waals surface area (Å²) in [4.78, 5) is 21.1. The highest BCUT2D eigenvalue weighted by atomic mass is 32.2. The lowest BCUT2D eigenvalue weighted by Gasteiger charge is -2.01. The Kier molecular flexibility index (Phi) is 4.31. The Labute approximate surface area is 74.7 Å². The number of rotatable bonds is 3. The summed E-state index contributed by atoms with van der Waals surface area (Å²) in [5.74, 6) is 2.14. The summed E-state index contributed by atoms with van der Waals surface area (Å²) in [6.45, 7) is -0.231. The number of primary sulfonamides is 1. The summed E-state index contributed by atoms with van der Waals surface area (Å²) in [5, 5.41) is 6.63. The van der Waals surface area contributed by atoms with Crippen LogP contribution in [-0.4, -0.2) is 32.5 Å². The summed E-state index contributed by atoms with van der Waals surface area (Å²) >= 11 is 0. The molecule has 0 spiro atoms. The monoisotopic (exact) mass is 210 g/mol. The third kappa shape index (κ3) is 6.02. The summed E-state index contributed by atoms with van der Waals surface area (Å²) in [6, 6.07) is 0. The smallest absolute Gasteiger partial charge is 0.323 e. The van der Waals surface area contributed by atoms with E-state index in [1.54, 1.807) is 5.43 Å². The number of carbonyl (C=O) groups is 2. The van der Waals surface area contributed by atoms with Gasteiger partial charge < -0.3 is 5.32 Å². The molecule has 0 rings (SSSR count). The highest BCUT2D eigenvalue weighted by Gasteiger charge is 2.11. The third-order valence-corrected chi connectivity index (χ3v) is 1.78. The van der Waals surface area contributed by atoms with Crippen LogP contribution >= 0.6 is 0 Å². The van der Waals surface area contributed by atoms with Gasteiger partial charge in [0.05, 0.1) is 5.75 Å². The molecule has 0 unspecified atom stereocenters. The number of sulfonamides is 1. The number of hydrogen-bond donors (Lipinski definition) is 4. The molecular formula is C4H10N4O4S. The molecule has 0 aliphatic heterocycles. The number of carbonyl (C=O) groups excluding carboxylic acids is 2. The van der Waals surface area contributed by atoms with Gasteiger partial charge in [0.2, 0.25) is 10.0 Å². The average molecular weight is 210 g/mol. The second kappa shape index (κ2) is 4.74. The fourth-order valence-corrected chi connectivity index (χ4v) is 0.839. The number of nitrogens with two attached hydrogens (primary N) is 2. The summed E-state index contributed by atoms with van der Waals surface area (Å²) in [6.07, 6.45) is 0. The van der Waals surface area contributed by atoms with E-state index in [1.807, 2.05) is 5.32 Å². The summed E-state index contributed by atoms with van der Waals surface area (Å²) in [5.41, 5.74) is 1.58. The number of nitrogens with one attached hydrogen (secondary N) is 2. The van der Waals surface area contributed by atoms with Gasteiger partial charge in [-0.3, -0.25) is 15.0 Å². The van der Waals surface area contributed by atoms with Crippen molar-refractivity contribution in [1.82, 2.24) is 10.7 Å². The van der Waals surface area contributed by atoms with Crippen molar-refractivity contribution in [3.05, 3.63) is 0 Å². The second-order valence-corrected chi connectivity index (χ2v) is 3.83. The van der Waals surface area contributed by atoms with Gasteiger partial charge in [0, 0.05) is 6.54 Å². The first-order valence-electron chi connectivity index (χ1n) is 3.16. The van der Waals surface area contributed by atoms with E-state index in [0.717, 1.165) is 0 Å². The van der Waals surface area contributed by atoms with Gasteiger partial charge in [-0.25, -0.2) is 19.4 Å². The van der Waals surface area contributed by atoms with Crippen molar-refractivity contribution >= 4 is 21.8 Å². The van der Waals surface area contributed by atoms with Gasteiger partial charge in [-0.15, -0.1) is 0 Å². The summed E-state index contributed by atoms with van der Waals surface area (Å²) in [7, 11) is -3.63. The van der Waals surface area contributed by atoms with E-state index in [1.165, 1.54) is 0 Å². The maximum Gasteiger partial charge on any atom is 0.323 e. The zero-order valence-corrected chi connectivity index (χ0v) is 7.43. The zero-order valence-electron chi connectivity index (χ0n) is 6.61. The van der Waals surface area contributed by atoms with Gasteiger partial charge >= 0.3 is 11.8 Å². The predicted octanol–water partition coefficient (Wildman–Crippen LogP) is -3.62. The Balaban J connectivity index is 3.79. The van der Waals surface area contributed by atoms with Gasteiger partial charge in [-0.1, -0.05) is 0 Å². The van der Waals surface area contributed by atoms with Crippen LogP contribution in [0.5, 0.6) is 0 Å². The molecule has 0 aromatic rings. The Morgan fingerprint density at radius 2 is 1.77 bits per heavy atom. The molecule has 13 heavy (non-hydrogen) atoms. The van der Waals surface area contributed by atoms with Crippen LogP contribution in [0, 0.1) is 0 Å². The van der Waals surface area contributed by atoms with Crippen molar-refractivity contribution in [3.8, 4) is 0 Å². The van der Waals surface area contributed by atoms with Crippen LogP contribution in [0.4, 0.5) is 0 Å². The minimum Gasteiger partial charge on any atom is -0.347 e. The van der Waals surface area contributed by atoms with Crippen molar-refractivity contribution in [2.24, 2.45) is 11.0 Å². The minimum atomic E-state index is -3.63. The van der Waals surface area contributed by atoms with Gasteiger partial charge in [-0.05, 0) is 0 Å². The van der Waals surface area contributed by atoms with Crippen LogP contribution in [0.15, 0.2) is 0 Å². The molecule has 6 N–H and O–H groups in total. The van der Waals surface area contributed by atoms with Gasteiger partial charge in [0.1, 0.15) is 0 Å². The maximum absolute atomic E-state index is 10.6. The highest BCUT2D eigenvalue weighted by Crippen LogP contribution is 1.74. The van der Waals surface area contributed by atoms with E-state index in [2.05, 4.69) is 11.0 Å². The molecule has 0 aliphatic carbocycles. The highest BCUT2D eigenvalue weighted by molar-refractivity contribution is 7.89. The molecule has 0 radical (unpaired) electrons. The largest absolute Gasteiger partial charge is 0.347 e. The van der Waals surface area contributed by atoms with Crippen LogP contribution < -0.4 is 21.7 Å². The first-order valence-corrected chi connectivity index (χ1v) is 4.87. The SMILES string of the molecule is NNC(=O)C(=O)NCCS(N)(=O)=O. The van der Waals surface area contributed by atoms with E-state index >= 15 is 0 Å². The van der Waals surface area contributed by atoms with E-state index in [9.17, 15) is 18.0 Å². The lowest BCUT2D eigenvalue weighted by atomic mass is 10.5. The third-order valence-electron chi connectivity index (χ3n) is 1.01. The Bertz CT molecular complexity index is 297. The molecule has 0 saturated carbocycles. The molecule has 76 valence electrons.